The lowest BCUT2D eigenvalue weighted by Gasteiger charge is -2.18. The molecule has 1 saturated heterocycles. The third kappa shape index (κ3) is 5.13. The van der Waals surface area contributed by atoms with E-state index in [9.17, 15) is 18.0 Å². The van der Waals surface area contributed by atoms with E-state index in [0.29, 0.717) is 12.2 Å². The number of nitrogens with zero attached hydrogens (tertiary/aromatic N) is 2. The summed E-state index contributed by atoms with van der Waals surface area (Å²) in [6, 6.07) is 24.7. The van der Waals surface area contributed by atoms with Crippen LogP contribution in [0.4, 0.5) is 11.4 Å². The molecular weight excluding hydrogens is 438 g/mol. The fraction of sp³-hybridized carbons (Fsp3) is 0.200. The molecule has 170 valence electrons. The number of rotatable bonds is 7. The van der Waals surface area contributed by atoms with E-state index in [-0.39, 0.29) is 29.7 Å². The fourth-order valence-electron chi connectivity index (χ4n) is 3.80. The van der Waals surface area contributed by atoms with Crippen molar-refractivity contribution >= 4 is 33.2 Å². The van der Waals surface area contributed by atoms with Crippen LogP contribution in [0.3, 0.4) is 0 Å². The van der Waals surface area contributed by atoms with Gasteiger partial charge in [-0.1, -0.05) is 48.5 Å². The van der Waals surface area contributed by atoms with E-state index in [0.717, 1.165) is 11.3 Å². The lowest BCUT2D eigenvalue weighted by Crippen LogP contribution is -2.28. The normalized spacial score (nSPS) is 16.2. The molecule has 0 radical (unpaired) electrons. The van der Waals surface area contributed by atoms with Crippen molar-refractivity contribution in [1.29, 1.82) is 0 Å². The third-order valence-electron chi connectivity index (χ3n) is 5.64. The summed E-state index contributed by atoms with van der Waals surface area (Å²) in [5.41, 5.74) is 2.14. The standard InChI is InChI=1S/C25H25N3O4S/c1-27(17-19-8-4-2-5-9-19)33(31,32)23-14-12-21(13-15-23)26-25(30)20-16-24(29)28(18-20)22-10-6-3-7-11-22/h2-15,20H,16-18H2,1H3,(H,26,30). The highest BCUT2D eigenvalue weighted by atomic mass is 32.2. The van der Waals surface area contributed by atoms with Crippen molar-refractivity contribution in [3.63, 3.8) is 0 Å². The highest BCUT2D eigenvalue weighted by Crippen LogP contribution is 2.26. The summed E-state index contributed by atoms with van der Waals surface area (Å²) in [5.74, 6) is -0.832. The Morgan fingerprint density at radius 2 is 1.58 bits per heavy atom. The molecule has 0 bridgehead atoms. The van der Waals surface area contributed by atoms with Crippen LogP contribution in [0.2, 0.25) is 0 Å². The molecule has 0 aromatic heterocycles. The summed E-state index contributed by atoms with van der Waals surface area (Å²) < 4.78 is 27.1. The number of carbonyl (C=O) groups is 2. The predicted molar refractivity (Wildman–Crippen MR) is 127 cm³/mol. The van der Waals surface area contributed by atoms with Gasteiger partial charge in [0, 0.05) is 37.9 Å². The molecule has 1 N–H and O–H groups in total. The van der Waals surface area contributed by atoms with Gasteiger partial charge in [-0.05, 0) is 42.0 Å². The van der Waals surface area contributed by atoms with Crippen LogP contribution < -0.4 is 10.2 Å². The van der Waals surface area contributed by atoms with E-state index in [1.165, 1.54) is 23.5 Å². The SMILES string of the molecule is CN(Cc1ccccc1)S(=O)(=O)c1ccc(NC(=O)C2CC(=O)N(c3ccccc3)C2)cc1. The van der Waals surface area contributed by atoms with Gasteiger partial charge in [0.2, 0.25) is 21.8 Å². The fourth-order valence-corrected chi connectivity index (χ4v) is 4.96. The molecule has 3 aromatic rings. The highest BCUT2D eigenvalue weighted by Gasteiger charge is 2.35. The Kier molecular flexibility index (Phi) is 6.57. The molecule has 3 aromatic carbocycles. The van der Waals surface area contributed by atoms with Gasteiger partial charge < -0.3 is 10.2 Å². The van der Waals surface area contributed by atoms with Gasteiger partial charge in [-0.25, -0.2) is 8.42 Å². The zero-order valence-electron chi connectivity index (χ0n) is 18.2. The van der Waals surface area contributed by atoms with Crippen LogP contribution in [-0.2, 0) is 26.2 Å². The monoisotopic (exact) mass is 463 g/mol. The first kappa shape index (κ1) is 22.7. The molecule has 1 unspecified atom stereocenters. The average Bonchev–Trinajstić information content (AvgIpc) is 3.22. The molecule has 0 aliphatic carbocycles. The van der Waals surface area contributed by atoms with E-state index in [4.69, 9.17) is 0 Å². The lowest BCUT2D eigenvalue weighted by atomic mass is 10.1. The molecule has 1 fully saturated rings. The first-order chi connectivity index (χ1) is 15.8. The molecule has 0 saturated carbocycles. The van der Waals surface area contributed by atoms with Gasteiger partial charge >= 0.3 is 0 Å². The van der Waals surface area contributed by atoms with Crippen LogP contribution in [0, 0.1) is 5.92 Å². The maximum absolute atomic E-state index is 12.9. The Bertz CT molecular complexity index is 1230. The van der Waals surface area contributed by atoms with Crippen molar-refractivity contribution in [3.8, 4) is 0 Å². The smallest absolute Gasteiger partial charge is 0.243 e. The van der Waals surface area contributed by atoms with E-state index in [1.54, 1.807) is 17.0 Å². The zero-order valence-corrected chi connectivity index (χ0v) is 19.0. The first-order valence-corrected chi connectivity index (χ1v) is 12.1. The van der Waals surface area contributed by atoms with E-state index < -0.39 is 15.9 Å². The number of nitrogens with one attached hydrogen (secondary N) is 1. The second kappa shape index (κ2) is 9.56. The van der Waals surface area contributed by atoms with Gasteiger partial charge in [0.05, 0.1) is 10.8 Å². The summed E-state index contributed by atoms with van der Waals surface area (Å²) in [4.78, 5) is 26.8. The number of benzene rings is 3. The number of hydrogen-bond donors (Lipinski definition) is 1. The second-order valence-corrected chi connectivity index (χ2v) is 10.0. The minimum absolute atomic E-state index is 0.0933. The van der Waals surface area contributed by atoms with Crippen molar-refractivity contribution < 1.29 is 18.0 Å². The molecule has 4 rings (SSSR count). The average molecular weight is 464 g/mol. The second-order valence-electron chi connectivity index (χ2n) is 8.00. The Morgan fingerprint density at radius 3 is 2.21 bits per heavy atom. The van der Waals surface area contributed by atoms with E-state index in [2.05, 4.69) is 5.32 Å². The number of anilines is 2. The number of amides is 2. The Balaban J connectivity index is 1.39. The summed E-state index contributed by atoms with van der Waals surface area (Å²) in [6.07, 6.45) is 0.136. The largest absolute Gasteiger partial charge is 0.326 e. The van der Waals surface area contributed by atoms with Crippen molar-refractivity contribution in [1.82, 2.24) is 4.31 Å². The molecular formula is C25H25N3O4S. The molecule has 1 heterocycles. The van der Waals surface area contributed by atoms with Crippen LogP contribution in [0.5, 0.6) is 0 Å². The van der Waals surface area contributed by atoms with Crippen LogP contribution in [0.1, 0.15) is 12.0 Å². The van der Waals surface area contributed by atoms with Crippen LogP contribution in [0.15, 0.2) is 89.8 Å². The summed E-state index contributed by atoms with van der Waals surface area (Å²) in [7, 11) is -2.14. The van der Waals surface area contributed by atoms with Gasteiger partial charge in [0.1, 0.15) is 0 Å². The third-order valence-corrected chi connectivity index (χ3v) is 7.46. The molecule has 1 aliphatic heterocycles. The van der Waals surface area contributed by atoms with Gasteiger partial charge in [-0.2, -0.15) is 4.31 Å². The predicted octanol–water partition coefficient (Wildman–Crippen LogP) is 3.50. The Labute approximate surface area is 193 Å². The quantitative estimate of drug-likeness (QED) is 0.581. The van der Waals surface area contributed by atoms with Crippen LogP contribution >= 0.6 is 0 Å². The molecule has 33 heavy (non-hydrogen) atoms. The maximum atomic E-state index is 12.9. The van der Waals surface area contributed by atoms with Crippen LogP contribution in [0.25, 0.3) is 0 Å². The lowest BCUT2D eigenvalue weighted by molar-refractivity contribution is -0.122. The topological polar surface area (TPSA) is 86.8 Å². The van der Waals surface area contributed by atoms with Crippen molar-refractivity contribution in [2.45, 2.75) is 17.9 Å². The molecule has 1 aliphatic rings. The van der Waals surface area contributed by atoms with Crippen molar-refractivity contribution in [2.24, 2.45) is 5.92 Å². The summed E-state index contributed by atoms with van der Waals surface area (Å²) in [6.45, 7) is 0.570. The molecule has 2 amide bonds. The number of sulfonamides is 1. The van der Waals surface area contributed by atoms with E-state index in [1.807, 2.05) is 60.7 Å². The van der Waals surface area contributed by atoms with Crippen molar-refractivity contribution in [3.05, 3.63) is 90.5 Å². The Morgan fingerprint density at radius 1 is 0.970 bits per heavy atom. The van der Waals surface area contributed by atoms with Gasteiger partial charge in [-0.15, -0.1) is 0 Å². The van der Waals surface area contributed by atoms with Gasteiger partial charge in [-0.3, -0.25) is 9.59 Å². The number of para-hydroxylation sites is 1. The van der Waals surface area contributed by atoms with Crippen LogP contribution in [-0.4, -0.2) is 38.1 Å². The number of carbonyl (C=O) groups excluding carboxylic acids is 2. The zero-order chi connectivity index (χ0) is 23.4. The molecule has 0 spiro atoms. The van der Waals surface area contributed by atoms with E-state index >= 15 is 0 Å². The highest BCUT2D eigenvalue weighted by molar-refractivity contribution is 7.89. The molecule has 8 heteroatoms. The molecule has 7 nitrogen and oxygen atoms in total. The Hall–Kier alpha value is -3.49. The van der Waals surface area contributed by atoms with Gasteiger partial charge in [0.15, 0.2) is 0 Å². The summed E-state index contributed by atoms with van der Waals surface area (Å²) >= 11 is 0. The summed E-state index contributed by atoms with van der Waals surface area (Å²) in [5, 5.41) is 2.80. The number of hydrogen-bond acceptors (Lipinski definition) is 4. The minimum Gasteiger partial charge on any atom is -0.326 e. The first-order valence-electron chi connectivity index (χ1n) is 10.6. The minimum atomic E-state index is -3.67. The molecule has 1 atom stereocenters. The van der Waals surface area contributed by atoms with Crippen molar-refractivity contribution in [2.75, 3.05) is 23.8 Å². The van der Waals surface area contributed by atoms with Gasteiger partial charge in [0.25, 0.3) is 0 Å². The maximum Gasteiger partial charge on any atom is 0.243 e.